The summed E-state index contributed by atoms with van der Waals surface area (Å²) in [5, 5.41) is 20.3. The predicted molar refractivity (Wildman–Crippen MR) is 107 cm³/mol. The van der Waals surface area contributed by atoms with E-state index >= 15 is 0 Å². The van der Waals surface area contributed by atoms with Gasteiger partial charge in [-0.15, -0.1) is 0 Å². The van der Waals surface area contributed by atoms with E-state index in [2.05, 4.69) is 13.8 Å². The van der Waals surface area contributed by atoms with Gasteiger partial charge in [0.2, 0.25) is 0 Å². The molecule has 4 saturated carbocycles. The van der Waals surface area contributed by atoms with E-state index in [0.29, 0.717) is 23.0 Å². The number of carbonyl (C=O) groups excluding carboxylic acids is 1. The summed E-state index contributed by atoms with van der Waals surface area (Å²) < 4.78 is 0. The molecule has 4 rings (SSSR count). The fourth-order valence-electron chi connectivity index (χ4n) is 8.63. The Hall–Kier alpha value is -0.410. The van der Waals surface area contributed by atoms with Crippen LogP contribution in [0.25, 0.3) is 0 Å². The van der Waals surface area contributed by atoms with Gasteiger partial charge in [0.1, 0.15) is 5.78 Å². The predicted octanol–water partition coefficient (Wildman–Crippen LogP) is 4.74. The van der Waals surface area contributed by atoms with Crippen LogP contribution < -0.4 is 0 Å². The molecule has 0 spiro atoms. The maximum atomic E-state index is 12.3. The van der Waals surface area contributed by atoms with Crippen molar-refractivity contribution in [1.82, 2.24) is 0 Å². The number of rotatable bonds is 4. The quantitative estimate of drug-likeness (QED) is 0.745. The fourth-order valence-corrected chi connectivity index (χ4v) is 8.63. The Balaban J connectivity index is 1.53. The molecule has 3 heteroatoms. The highest BCUT2D eigenvalue weighted by molar-refractivity contribution is 5.79. The van der Waals surface area contributed by atoms with Crippen LogP contribution >= 0.6 is 0 Å². The van der Waals surface area contributed by atoms with E-state index in [4.69, 9.17) is 0 Å². The van der Waals surface area contributed by atoms with Crippen molar-refractivity contribution in [2.75, 3.05) is 6.61 Å². The molecule has 0 aromatic carbocycles. The van der Waals surface area contributed by atoms with Crippen molar-refractivity contribution in [1.29, 1.82) is 0 Å². The van der Waals surface area contributed by atoms with Crippen molar-refractivity contribution in [2.45, 2.75) is 97.0 Å². The van der Waals surface area contributed by atoms with Crippen molar-refractivity contribution in [3.63, 3.8) is 0 Å². The molecule has 4 aliphatic carbocycles. The zero-order chi connectivity index (χ0) is 19.4. The van der Waals surface area contributed by atoms with Gasteiger partial charge in [-0.1, -0.05) is 13.8 Å². The number of carbonyl (C=O) groups is 1. The molecule has 154 valence electrons. The normalized spacial score (nSPS) is 52.0. The van der Waals surface area contributed by atoms with Crippen LogP contribution in [0.3, 0.4) is 0 Å². The number of hydrogen-bond acceptors (Lipinski definition) is 3. The molecule has 0 heterocycles. The molecule has 4 aliphatic rings. The second kappa shape index (κ2) is 6.83. The summed E-state index contributed by atoms with van der Waals surface area (Å²) in [5.74, 6) is 3.65. The SMILES string of the molecule is CC(=O)[C@H]1CC[C@H]2[C@@H]3CCC4CC(O)(CCCO)CC[C@]4(C)[C@H]3CC[C@]12C. The van der Waals surface area contributed by atoms with Crippen LogP contribution in [0, 0.1) is 40.4 Å². The van der Waals surface area contributed by atoms with Crippen LogP contribution in [0.2, 0.25) is 0 Å². The van der Waals surface area contributed by atoms with Crippen LogP contribution in [0.1, 0.15) is 91.4 Å². The van der Waals surface area contributed by atoms with E-state index < -0.39 is 5.60 Å². The Kier molecular flexibility index (Phi) is 5.03. The summed E-state index contributed by atoms with van der Waals surface area (Å²) in [6.45, 7) is 6.96. The summed E-state index contributed by atoms with van der Waals surface area (Å²) in [7, 11) is 0. The van der Waals surface area contributed by atoms with Crippen molar-refractivity contribution in [3.8, 4) is 0 Å². The Morgan fingerprint density at radius 1 is 0.963 bits per heavy atom. The average Bonchev–Trinajstić information content (AvgIpc) is 2.98. The maximum absolute atomic E-state index is 12.3. The summed E-state index contributed by atoms with van der Waals surface area (Å²) in [4.78, 5) is 12.3. The Morgan fingerprint density at radius 3 is 2.41 bits per heavy atom. The van der Waals surface area contributed by atoms with Gasteiger partial charge >= 0.3 is 0 Å². The van der Waals surface area contributed by atoms with Crippen LogP contribution in [0.15, 0.2) is 0 Å². The minimum atomic E-state index is -0.546. The molecule has 27 heavy (non-hydrogen) atoms. The molecule has 0 bridgehead atoms. The molecule has 0 amide bonds. The van der Waals surface area contributed by atoms with E-state index in [0.717, 1.165) is 56.3 Å². The first-order valence-corrected chi connectivity index (χ1v) is 11.6. The molecule has 0 aliphatic heterocycles. The minimum absolute atomic E-state index is 0.187. The molecule has 2 unspecified atom stereocenters. The third-order valence-electron chi connectivity index (χ3n) is 10.1. The van der Waals surface area contributed by atoms with Gasteiger partial charge in [-0.25, -0.2) is 0 Å². The Bertz CT molecular complexity index is 588. The third kappa shape index (κ3) is 3.03. The van der Waals surface area contributed by atoms with E-state index in [-0.39, 0.29) is 12.0 Å². The molecule has 0 radical (unpaired) electrons. The van der Waals surface area contributed by atoms with Gasteiger partial charge in [-0.05, 0) is 112 Å². The average molecular weight is 377 g/mol. The summed E-state index contributed by atoms with van der Waals surface area (Å²) in [6.07, 6.45) is 11.9. The number of aliphatic hydroxyl groups is 2. The number of Topliss-reactive ketones (excluding diaryl/α,β-unsaturated/α-hetero) is 1. The van der Waals surface area contributed by atoms with Crippen LogP contribution in [-0.4, -0.2) is 28.2 Å². The highest BCUT2D eigenvalue weighted by atomic mass is 16.3. The highest BCUT2D eigenvalue weighted by Gasteiger charge is 2.61. The van der Waals surface area contributed by atoms with Crippen molar-refractivity contribution in [3.05, 3.63) is 0 Å². The fraction of sp³-hybridized carbons (Fsp3) is 0.958. The van der Waals surface area contributed by atoms with Crippen LogP contribution in [0.4, 0.5) is 0 Å². The largest absolute Gasteiger partial charge is 0.396 e. The van der Waals surface area contributed by atoms with Gasteiger partial charge in [0.15, 0.2) is 0 Å². The van der Waals surface area contributed by atoms with E-state index in [1.54, 1.807) is 0 Å². The van der Waals surface area contributed by atoms with Crippen molar-refractivity contribution < 1.29 is 15.0 Å². The topological polar surface area (TPSA) is 57.5 Å². The molecule has 0 aromatic rings. The number of hydrogen-bond donors (Lipinski definition) is 2. The van der Waals surface area contributed by atoms with Crippen molar-refractivity contribution in [2.24, 2.45) is 40.4 Å². The van der Waals surface area contributed by atoms with Gasteiger partial charge in [0.05, 0.1) is 5.60 Å². The molecule has 4 fully saturated rings. The Morgan fingerprint density at radius 2 is 1.70 bits per heavy atom. The van der Waals surface area contributed by atoms with Gasteiger partial charge in [0, 0.05) is 12.5 Å². The maximum Gasteiger partial charge on any atom is 0.133 e. The molecule has 0 aromatic heterocycles. The summed E-state index contributed by atoms with van der Waals surface area (Å²) >= 11 is 0. The molecule has 0 saturated heterocycles. The first kappa shape index (κ1) is 19.9. The van der Waals surface area contributed by atoms with Crippen LogP contribution in [0.5, 0.6) is 0 Å². The van der Waals surface area contributed by atoms with Crippen LogP contribution in [-0.2, 0) is 4.79 Å². The lowest BCUT2D eigenvalue weighted by Crippen LogP contribution is -2.56. The highest BCUT2D eigenvalue weighted by Crippen LogP contribution is 2.68. The van der Waals surface area contributed by atoms with E-state index in [1.165, 1.54) is 32.1 Å². The molecule has 2 N–H and O–H groups in total. The first-order valence-electron chi connectivity index (χ1n) is 11.6. The van der Waals surface area contributed by atoms with Gasteiger partial charge in [0.25, 0.3) is 0 Å². The smallest absolute Gasteiger partial charge is 0.133 e. The first-order chi connectivity index (χ1) is 12.7. The molecule has 3 nitrogen and oxygen atoms in total. The number of ketones is 1. The molecule has 8 atom stereocenters. The van der Waals surface area contributed by atoms with Gasteiger partial charge < -0.3 is 10.2 Å². The Labute approximate surface area is 165 Å². The lowest BCUT2D eigenvalue weighted by atomic mass is 9.43. The standard InChI is InChI=1S/C24H40O3/c1-16(26)19-7-8-20-18-6-5-17-15-24(27,10-4-14-25)13-12-22(17,2)21(18)9-11-23(19,20)3/h17-21,25,27H,4-15H2,1-3H3/t17?,18-,19+,20-,21-,22-,23+,24?/m0/s1. The summed E-state index contributed by atoms with van der Waals surface area (Å²) in [5.41, 5.74) is 0.0622. The second-order valence-corrected chi connectivity index (χ2v) is 11.2. The monoisotopic (exact) mass is 376 g/mol. The zero-order valence-electron chi connectivity index (χ0n) is 17.7. The van der Waals surface area contributed by atoms with Crippen molar-refractivity contribution >= 4 is 5.78 Å². The van der Waals surface area contributed by atoms with E-state index in [1.807, 2.05) is 6.92 Å². The molecular weight excluding hydrogens is 336 g/mol. The second-order valence-electron chi connectivity index (χ2n) is 11.2. The van der Waals surface area contributed by atoms with E-state index in [9.17, 15) is 15.0 Å². The van der Waals surface area contributed by atoms with Gasteiger partial charge in [-0.2, -0.15) is 0 Å². The zero-order valence-corrected chi connectivity index (χ0v) is 17.7. The lowest BCUT2D eigenvalue weighted by molar-refractivity contribution is -0.155. The third-order valence-corrected chi connectivity index (χ3v) is 10.1. The molecular formula is C24H40O3. The minimum Gasteiger partial charge on any atom is -0.396 e. The van der Waals surface area contributed by atoms with Gasteiger partial charge in [-0.3, -0.25) is 4.79 Å². The number of aliphatic hydroxyl groups excluding tert-OH is 1. The summed E-state index contributed by atoms with van der Waals surface area (Å²) in [6, 6.07) is 0. The number of fused-ring (bicyclic) bond motifs is 5. The lowest BCUT2D eigenvalue weighted by Gasteiger charge is -2.62.